The van der Waals surface area contributed by atoms with Crippen molar-refractivity contribution in [2.45, 2.75) is 65.5 Å². The zero-order valence-electron chi connectivity index (χ0n) is 18.1. The predicted octanol–water partition coefficient (Wildman–Crippen LogP) is 1.40. The van der Waals surface area contributed by atoms with E-state index in [-0.39, 0.29) is 54.4 Å². The molecule has 7 atom stereocenters. The van der Waals surface area contributed by atoms with Gasteiger partial charge in [0.15, 0.2) is 0 Å². The van der Waals surface area contributed by atoms with Crippen molar-refractivity contribution in [2.75, 3.05) is 19.8 Å². The average Bonchev–Trinajstić information content (AvgIpc) is 3.64. The summed E-state index contributed by atoms with van der Waals surface area (Å²) in [4.78, 5) is 25.8. The number of aliphatic hydroxyl groups is 2. The van der Waals surface area contributed by atoms with Gasteiger partial charge in [-0.25, -0.2) is 0 Å². The number of fused-ring (bicyclic) bond motifs is 6. The van der Waals surface area contributed by atoms with Crippen LogP contribution < -0.4 is 5.32 Å². The van der Waals surface area contributed by atoms with Crippen molar-refractivity contribution in [3.63, 3.8) is 0 Å². The van der Waals surface area contributed by atoms with Crippen molar-refractivity contribution in [1.29, 1.82) is 0 Å². The van der Waals surface area contributed by atoms with Crippen LogP contribution in [0.5, 0.6) is 0 Å². The van der Waals surface area contributed by atoms with Gasteiger partial charge in [0.05, 0.1) is 25.3 Å². The fourth-order valence-electron chi connectivity index (χ4n) is 6.92. The maximum absolute atomic E-state index is 12.6. The highest BCUT2D eigenvalue weighted by Crippen LogP contribution is 2.79. The second-order valence-corrected chi connectivity index (χ2v) is 11.7. The van der Waals surface area contributed by atoms with Crippen LogP contribution in [0.3, 0.4) is 0 Å². The lowest BCUT2D eigenvalue weighted by Crippen LogP contribution is -2.46. The molecule has 2 aliphatic heterocycles. The number of carbonyl (C=O) groups excluding carboxylic acids is 2. The number of aliphatic hydroxyl groups excluding tert-OH is 2. The third-order valence-corrected chi connectivity index (χ3v) is 9.50. The van der Waals surface area contributed by atoms with E-state index in [4.69, 9.17) is 5.11 Å². The van der Waals surface area contributed by atoms with E-state index in [1.165, 1.54) is 25.7 Å². The molecule has 4 saturated carbocycles. The van der Waals surface area contributed by atoms with Crippen LogP contribution in [0, 0.1) is 45.8 Å². The van der Waals surface area contributed by atoms with Crippen LogP contribution in [-0.4, -0.2) is 58.8 Å². The highest BCUT2D eigenvalue weighted by Gasteiger charge is 2.79. The summed E-state index contributed by atoms with van der Waals surface area (Å²) in [7, 11) is 0. The Labute approximate surface area is 173 Å². The number of amides is 2. The van der Waals surface area contributed by atoms with Crippen molar-refractivity contribution in [1.82, 2.24) is 10.2 Å². The van der Waals surface area contributed by atoms with Crippen LogP contribution in [0.4, 0.5) is 0 Å². The molecule has 6 aliphatic rings. The molecule has 162 valence electrons. The molecule has 6 heteroatoms. The Hall–Kier alpha value is -1.14. The van der Waals surface area contributed by atoms with Crippen molar-refractivity contribution in [2.24, 2.45) is 45.8 Å². The van der Waals surface area contributed by atoms with Crippen LogP contribution in [0.15, 0.2) is 0 Å². The summed E-state index contributed by atoms with van der Waals surface area (Å²) in [5.41, 5.74) is 0.950. The molecule has 0 aromatic rings. The Kier molecular flexibility index (Phi) is 4.08. The zero-order chi connectivity index (χ0) is 20.9. The van der Waals surface area contributed by atoms with Gasteiger partial charge < -0.3 is 20.4 Å². The Balaban J connectivity index is 0.000000140. The second kappa shape index (κ2) is 5.97. The number of nitrogens with one attached hydrogen (secondary N) is 1. The smallest absolute Gasteiger partial charge is 0.226 e. The molecule has 6 nitrogen and oxygen atoms in total. The van der Waals surface area contributed by atoms with Crippen molar-refractivity contribution in [3.05, 3.63) is 0 Å². The molecule has 4 aliphatic carbocycles. The van der Waals surface area contributed by atoms with E-state index in [1.54, 1.807) is 0 Å². The summed E-state index contributed by atoms with van der Waals surface area (Å²) >= 11 is 0. The molecule has 29 heavy (non-hydrogen) atoms. The topological polar surface area (TPSA) is 89.9 Å². The molecule has 0 unspecified atom stereocenters. The van der Waals surface area contributed by atoms with Gasteiger partial charge in [0.25, 0.3) is 0 Å². The van der Waals surface area contributed by atoms with Crippen LogP contribution in [0.25, 0.3) is 0 Å². The first-order valence-corrected chi connectivity index (χ1v) is 11.4. The van der Waals surface area contributed by atoms with Gasteiger partial charge in [-0.3, -0.25) is 9.59 Å². The first-order chi connectivity index (χ1) is 13.6. The molecule has 0 bridgehead atoms. The highest BCUT2D eigenvalue weighted by atomic mass is 16.3. The summed E-state index contributed by atoms with van der Waals surface area (Å²) in [6.07, 6.45) is 5.09. The lowest BCUT2D eigenvalue weighted by Gasteiger charge is -2.35. The number of piperidine rings is 2. The van der Waals surface area contributed by atoms with Crippen LogP contribution in [-0.2, 0) is 9.59 Å². The van der Waals surface area contributed by atoms with E-state index < -0.39 is 0 Å². The highest BCUT2D eigenvalue weighted by molar-refractivity contribution is 5.88. The van der Waals surface area contributed by atoms with E-state index in [0.29, 0.717) is 28.6 Å². The monoisotopic (exact) mass is 404 g/mol. The van der Waals surface area contributed by atoms with Gasteiger partial charge in [0.1, 0.15) is 0 Å². The van der Waals surface area contributed by atoms with E-state index >= 15 is 0 Å². The number of rotatable bonds is 3. The van der Waals surface area contributed by atoms with Crippen LogP contribution >= 0.6 is 0 Å². The third-order valence-electron chi connectivity index (χ3n) is 9.50. The summed E-state index contributed by atoms with van der Waals surface area (Å²) in [5.74, 6) is 2.53. The molecule has 2 spiro atoms. The third kappa shape index (κ3) is 2.67. The number of carbonyl (C=O) groups is 2. The lowest BCUT2D eigenvalue weighted by molar-refractivity contribution is -0.141. The Bertz CT molecular complexity index is 736. The number of nitrogens with zero attached hydrogens (tertiary/aromatic N) is 1. The second-order valence-electron chi connectivity index (χ2n) is 11.7. The van der Waals surface area contributed by atoms with E-state index in [0.717, 1.165) is 6.54 Å². The molecule has 6 rings (SSSR count). The summed E-state index contributed by atoms with van der Waals surface area (Å²) < 4.78 is 0. The van der Waals surface area contributed by atoms with Gasteiger partial charge in [-0.05, 0) is 59.7 Å². The summed E-state index contributed by atoms with van der Waals surface area (Å²) in [5, 5.41) is 21.4. The molecule has 2 saturated heterocycles. The van der Waals surface area contributed by atoms with Gasteiger partial charge in [-0.15, -0.1) is 0 Å². The largest absolute Gasteiger partial charge is 0.394 e. The normalized spacial score (nSPS) is 41.9. The van der Waals surface area contributed by atoms with Crippen molar-refractivity contribution in [3.8, 4) is 0 Å². The maximum atomic E-state index is 12.6. The fraction of sp³-hybridized carbons (Fsp3) is 0.913. The molecule has 6 fully saturated rings. The predicted molar refractivity (Wildman–Crippen MR) is 108 cm³/mol. The number of hydrogen-bond acceptors (Lipinski definition) is 4. The minimum atomic E-state index is 0.00113. The summed E-state index contributed by atoms with van der Waals surface area (Å²) in [6, 6.07) is 0.185. The van der Waals surface area contributed by atoms with E-state index in [1.807, 2.05) is 11.8 Å². The van der Waals surface area contributed by atoms with Gasteiger partial charge in [-0.2, -0.15) is 0 Å². The SMILES string of the molecule is C[C@H](C(=O)N1C[C@H]2[C@@H]([C@H]1CO)C21CC1)C(C)(C)C.O=C1N[C@H](CO)[C@@H]2[C@H]1C21CC1. The first-order valence-electron chi connectivity index (χ1n) is 11.4. The maximum Gasteiger partial charge on any atom is 0.226 e. The van der Waals surface area contributed by atoms with Gasteiger partial charge in [0.2, 0.25) is 11.8 Å². The van der Waals surface area contributed by atoms with Gasteiger partial charge in [0, 0.05) is 18.4 Å². The van der Waals surface area contributed by atoms with Gasteiger partial charge >= 0.3 is 0 Å². The Morgan fingerprint density at radius 3 is 2.21 bits per heavy atom. The molecule has 3 N–H and O–H groups in total. The standard InChI is InChI=1S/C15H25NO2.C8H11NO2/c1-9(14(2,3)4)13(18)16-7-10-12(11(16)8-17)15(10)5-6-15;10-3-4-5-6(7(11)9-4)8(5)1-2-8/h9-12,17H,5-8H2,1-4H3;4-6,10H,1-3H2,(H,9,11)/t9-,10+,11-,12+;4-,5-,6-/m11/s1. The summed E-state index contributed by atoms with van der Waals surface area (Å²) in [6.45, 7) is 9.52. The number of hydrogen-bond donors (Lipinski definition) is 3. The number of likely N-dealkylation sites (tertiary alicyclic amines) is 1. The first kappa shape index (κ1) is 19.8. The van der Waals surface area contributed by atoms with Crippen LogP contribution in [0.1, 0.15) is 53.4 Å². The lowest BCUT2D eigenvalue weighted by atomic mass is 9.81. The molecular weight excluding hydrogens is 368 g/mol. The fourth-order valence-corrected chi connectivity index (χ4v) is 6.92. The quantitative estimate of drug-likeness (QED) is 0.663. The minimum absolute atomic E-state index is 0.00113. The molecule has 2 heterocycles. The molecule has 0 aromatic carbocycles. The Morgan fingerprint density at radius 1 is 1.14 bits per heavy atom. The van der Waals surface area contributed by atoms with E-state index in [2.05, 4.69) is 26.1 Å². The zero-order valence-corrected chi connectivity index (χ0v) is 18.1. The minimum Gasteiger partial charge on any atom is -0.394 e. The average molecular weight is 405 g/mol. The van der Waals surface area contributed by atoms with Crippen LogP contribution in [0.2, 0.25) is 0 Å². The van der Waals surface area contributed by atoms with Crippen molar-refractivity contribution >= 4 is 11.8 Å². The molecule has 0 aromatic heterocycles. The molecular formula is C23H36N2O4. The molecule has 2 amide bonds. The van der Waals surface area contributed by atoms with Crippen molar-refractivity contribution < 1.29 is 19.8 Å². The Morgan fingerprint density at radius 2 is 1.76 bits per heavy atom. The molecule has 0 radical (unpaired) electrons. The van der Waals surface area contributed by atoms with Gasteiger partial charge in [-0.1, -0.05) is 27.7 Å². The van der Waals surface area contributed by atoms with E-state index in [9.17, 15) is 14.7 Å².